The summed E-state index contributed by atoms with van der Waals surface area (Å²) in [6, 6.07) is 0. The molecule has 0 aromatic heterocycles. The number of aliphatic hydroxyl groups is 1. The van der Waals surface area contributed by atoms with Crippen LogP contribution in [-0.4, -0.2) is 75.9 Å². The van der Waals surface area contributed by atoms with Gasteiger partial charge in [0.05, 0.1) is 39.6 Å². The average Bonchev–Trinajstić information content (AvgIpc) is 2.45. The Hall–Kier alpha value is -0.460. The Bertz CT molecular complexity index is 202. The molecule has 0 saturated heterocycles. The highest BCUT2D eigenvalue weighted by molar-refractivity contribution is 4.72. The van der Waals surface area contributed by atoms with Gasteiger partial charge < -0.3 is 19.3 Å². The number of rotatable bonds is 16. The van der Waals surface area contributed by atoms with Crippen molar-refractivity contribution < 1.29 is 19.3 Å². The van der Waals surface area contributed by atoms with Gasteiger partial charge in [-0.05, 0) is 6.42 Å². The van der Waals surface area contributed by atoms with E-state index in [1.54, 1.807) is 0 Å². The summed E-state index contributed by atoms with van der Waals surface area (Å²) in [7, 11) is 0. The first-order chi connectivity index (χ1) is 9.85. The van der Waals surface area contributed by atoms with E-state index in [9.17, 15) is 0 Å². The highest BCUT2D eigenvalue weighted by Crippen LogP contribution is 1.90. The number of nitrogens with zero attached hydrogens (tertiary/aromatic N) is 1. The topological polar surface area (TPSA) is 51.2 Å². The molecule has 0 aliphatic heterocycles. The SMILES string of the molecule is C=CCN(CCO)CCOCCOCCOCCCC. The quantitative estimate of drug-likeness (QED) is 0.343. The lowest BCUT2D eigenvalue weighted by molar-refractivity contribution is 0.0101. The summed E-state index contributed by atoms with van der Waals surface area (Å²) in [6.07, 6.45) is 4.10. The number of ether oxygens (including phenoxy) is 3. The van der Waals surface area contributed by atoms with Crippen molar-refractivity contribution in [1.29, 1.82) is 0 Å². The zero-order valence-electron chi connectivity index (χ0n) is 12.9. The fourth-order valence-corrected chi connectivity index (χ4v) is 1.60. The standard InChI is InChI=1S/C15H31NO4/c1-3-5-10-18-12-14-20-15-13-19-11-8-16(6-4-2)7-9-17/h4,17H,2-3,5-15H2,1H3. The van der Waals surface area contributed by atoms with Gasteiger partial charge in [-0.1, -0.05) is 19.4 Å². The van der Waals surface area contributed by atoms with Crippen molar-refractivity contribution in [3.05, 3.63) is 12.7 Å². The fraction of sp³-hybridized carbons (Fsp3) is 0.867. The van der Waals surface area contributed by atoms with Crippen LogP contribution in [0.2, 0.25) is 0 Å². The van der Waals surface area contributed by atoms with Crippen LogP contribution in [0, 0.1) is 0 Å². The molecule has 0 amide bonds. The van der Waals surface area contributed by atoms with Gasteiger partial charge in [-0.3, -0.25) is 4.90 Å². The molecule has 0 unspecified atom stereocenters. The van der Waals surface area contributed by atoms with Gasteiger partial charge in [0.2, 0.25) is 0 Å². The summed E-state index contributed by atoms with van der Waals surface area (Å²) in [5.41, 5.74) is 0. The highest BCUT2D eigenvalue weighted by Gasteiger charge is 2.01. The van der Waals surface area contributed by atoms with E-state index in [4.69, 9.17) is 19.3 Å². The van der Waals surface area contributed by atoms with Crippen LogP contribution in [0.5, 0.6) is 0 Å². The summed E-state index contributed by atoms with van der Waals surface area (Å²) in [6.45, 7) is 12.2. The lowest BCUT2D eigenvalue weighted by Gasteiger charge is -2.19. The smallest absolute Gasteiger partial charge is 0.0701 e. The zero-order valence-corrected chi connectivity index (χ0v) is 12.9. The lowest BCUT2D eigenvalue weighted by Crippen LogP contribution is -2.30. The molecule has 0 radical (unpaired) electrons. The molecule has 5 heteroatoms. The van der Waals surface area contributed by atoms with E-state index < -0.39 is 0 Å². The van der Waals surface area contributed by atoms with Crippen molar-refractivity contribution >= 4 is 0 Å². The van der Waals surface area contributed by atoms with Gasteiger partial charge in [0.1, 0.15) is 0 Å². The molecule has 1 N–H and O–H groups in total. The summed E-state index contributed by atoms with van der Waals surface area (Å²) >= 11 is 0. The van der Waals surface area contributed by atoms with Crippen molar-refractivity contribution in [3.63, 3.8) is 0 Å². The predicted octanol–water partition coefficient (Wildman–Crippen LogP) is 1.32. The number of aliphatic hydroxyl groups excluding tert-OH is 1. The normalized spacial score (nSPS) is 11.2. The average molecular weight is 289 g/mol. The minimum absolute atomic E-state index is 0.162. The van der Waals surface area contributed by atoms with Crippen LogP contribution >= 0.6 is 0 Å². The lowest BCUT2D eigenvalue weighted by atomic mass is 10.4. The Morgan fingerprint density at radius 2 is 1.55 bits per heavy atom. The van der Waals surface area contributed by atoms with Crippen molar-refractivity contribution in [1.82, 2.24) is 4.90 Å². The Labute approximate surface area is 123 Å². The molecule has 0 heterocycles. The second-order valence-electron chi connectivity index (χ2n) is 4.50. The monoisotopic (exact) mass is 289 g/mol. The summed E-state index contributed by atoms with van der Waals surface area (Å²) in [5, 5.41) is 8.89. The van der Waals surface area contributed by atoms with Crippen molar-refractivity contribution in [2.75, 3.05) is 65.9 Å². The van der Waals surface area contributed by atoms with Gasteiger partial charge in [-0.2, -0.15) is 0 Å². The molecule has 120 valence electrons. The Kier molecular flexibility index (Phi) is 16.2. The minimum atomic E-state index is 0.162. The third-order valence-electron chi connectivity index (χ3n) is 2.74. The van der Waals surface area contributed by atoms with Crippen molar-refractivity contribution in [2.24, 2.45) is 0 Å². The molecule has 0 saturated carbocycles. The van der Waals surface area contributed by atoms with E-state index >= 15 is 0 Å². The second kappa shape index (κ2) is 16.6. The van der Waals surface area contributed by atoms with Crippen molar-refractivity contribution in [3.8, 4) is 0 Å². The minimum Gasteiger partial charge on any atom is -0.395 e. The van der Waals surface area contributed by atoms with E-state index in [1.807, 2.05) is 6.08 Å². The van der Waals surface area contributed by atoms with Crippen LogP contribution in [0.25, 0.3) is 0 Å². The molecule has 0 fully saturated rings. The zero-order chi connectivity index (χ0) is 14.9. The van der Waals surface area contributed by atoms with Gasteiger partial charge in [0.25, 0.3) is 0 Å². The maximum Gasteiger partial charge on any atom is 0.0701 e. The number of unbranched alkanes of at least 4 members (excludes halogenated alkanes) is 1. The molecule has 0 bridgehead atoms. The fourth-order valence-electron chi connectivity index (χ4n) is 1.60. The maximum absolute atomic E-state index is 8.89. The third kappa shape index (κ3) is 14.0. The first-order valence-electron chi connectivity index (χ1n) is 7.52. The second-order valence-corrected chi connectivity index (χ2v) is 4.50. The molecule has 0 aromatic carbocycles. The number of hydrogen-bond acceptors (Lipinski definition) is 5. The Morgan fingerprint density at radius 1 is 0.950 bits per heavy atom. The largest absolute Gasteiger partial charge is 0.395 e. The summed E-state index contributed by atoms with van der Waals surface area (Å²) in [4.78, 5) is 2.09. The number of hydrogen-bond donors (Lipinski definition) is 1. The van der Waals surface area contributed by atoms with E-state index in [-0.39, 0.29) is 6.61 Å². The van der Waals surface area contributed by atoms with Crippen molar-refractivity contribution in [2.45, 2.75) is 19.8 Å². The Morgan fingerprint density at radius 3 is 2.10 bits per heavy atom. The highest BCUT2D eigenvalue weighted by atomic mass is 16.5. The molecular weight excluding hydrogens is 258 g/mol. The maximum atomic E-state index is 8.89. The van der Waals surface area contributed by atoms with Gasteiger partial charge in [0.15, 0.2) is 0 Å². The molecule has 0 spiro atoms. The molecule has 0 aliphatic rings. The molecule has 5 nitrogen and oxygen atoms in total. The van der Waals surface area contributed by atoms with Crippen LogP contribution < -0.4 is 0 Å². The molecule has 0 aromatic rings. The van der Waals surface area contributed by atoms with Gasteiger partial charge in [0, 0.05) is 26.2 Å². The van der Waals surface area contributed by atoms with Crippen LogP contribution in [0.1, 0.15) is 19.8 Å². The molecule has 0 atom stereocenters. The van der Waals surface area contributed by atoms with Gasteiger partial charge in [-0.15, -0.1) is 6.58 Å². The molecular formula is C15H31NO4. The molecule has 20 heavy (non-hydrogen) atoms. The first-order valence-corrected chi connectivity index (χ1v) is 7.52. The molecule has 0 aliphatic carbocycles. The Balaban J connectivity index is 3.20. The van der Waals surface area contributed by atoms with Crippen LogP contribution in [0.4, 0.5) is 0 Å². The van der Waals surface area contributed by atoms with Crippen LogP contribution in [0.3, 0.4) is 0 Å². The van der Waals surface area contributed by atoms with E-state index in [0.29, 0.717) is 39.6 Å². The summed E-state index contributed by atoms with van der Waals surface area (Å²) < 4.78 is 16.3. The third-order valence-corrected chi connectivity index (χ3v) is 2.74. The van der Waals surface area contributed by atoms with Gasteiger partial charge in [-0.25, -0.2) is 0 Å². The van der Waals surface area contributed by atoms with E-state index in [2.05, 4.69) is 18.4 Å². The van der Waals surface area contributed by atoms with Gasteiger partial charge >= 0.3 is 0 Å². The van der Waals surface area contributed by atoms with E-state index in [0.717, 1.165) is 32.5 Å². The van der Waals surface area contributed by atoms with Crippen LogP contribution in [0.15, 0.2) is 12.7 Å². The van der Waals surface area contributed by atoms with Crippen LogP contribution in [-0.2, 0) is 14.2 Å². The predicted molar refractivity (Wildman–Crippen MR) is 81.1 cm³/mol. The summed E-state index contributed by atoms with van der Waals surface area (Å²) in [5.74, 6) is 0. The first kappa shape index (κ1) is 19.5. The van der Waals surface area contributed by atoms with E-state index in [1.165, 1.54) is 0 Å². The molecule has 0 rings (SSSR count).